The van der Waals surface area contributed by atoms with Crippen molar-refractivity contribution in [1.29, 1.82) is 0 Å². The lowest BCUT2D eigenvalue weighted by atomic mass is 10.3. The smallest absolute Gasteiger partial charge is 0.216 e. The van der Waals surface area contributed by atoms with Crippen molar-refractivity contribution in [3.05, 3.63) is 18.6 Å². The predicted molar refractivity (Wildman–Crippen MR) is 43.9 cm³/mol. The van der Waals surface area contributed by atoms with Gasteiger partial charge in [-0.3, -0.25) is 0 Å². The van der Waals surface area contributed by atoms with Crippen LogP contribution in [0.5, 0.6) is 5.88 Å². The molecule has 1 atom stereocenters. The fourth-order valence-corrected chi connectivity index (χ4v) is 1.25. The van der Waals surface area contributed by atoms with Crippen molar-refractivity contribution >= 4 is 0 Å². The standard InChI is InChI=1S/C8H11N3O/c1-3-9-5-7(1)12-8-2-4-10-6-11-8/h2,4,6-7,9H,1,3,5H2/t7-/m0/s1. The molecule has 0 bridgehead atoms. The quantitative estimate of drug-likeness (QED) is 0.681. The van der Waals surface area contributed by atoms with Gasteiger partial charge in [-0.1, -0.05) is 0 Å². The summed E-state index contributed by atoms with van der Waals surface area (Å²) in [6.07, 6.45) is 4.52. The first-order chi connectivity index (χ1) is 5.95. The summed E-state index contributed by atoms with van der Waals surface area (Å²) >= 11 is 0. The highest BCUT2D eigenvalue weighted by Crippen LogP contribution is 2.09. The fourth-order valence-electron chi connectivity index (χ4n) is 1.25. The summed E-state index contributed by atoms with van der Waals surface area (Å²) in [7, 11) is 0. The van der Waals surface area contributed by atoms with Crippen LogP contribution in [0, 0.1) is 0 Å². The van der Waals surface area contributed by atoms with E-state index >= 15 is 0 Å². The number of hydrogen-bond donors (Lipinski definition) is 1. The first-order valence-electron chi connectivity index (χ1n) is 4.08. The van der Waals surface area contributed by atoms with Gasteiger partial charge in [0.25, 0.3) is 0 Å². The van der Waals surface area contributed by atoms with Crippen LogP contribution in [0.4, 0.5) is 0 Å². The van der Waals surface area contributed by atoms with E-state index in [-0.39, 0.29) is 6.10 Å². The molecule has 4 nitrogen and oxygen atoms in total. The summed E-state index contributed by atoms with van der Waals surface area (Å²) in [5.41, 5.74) is 0. The monoisotopic (exact) mass is 165 g/mol. The molecule has 0 spiro atoms. The molecule has 1 N–H and O–H groups in total. The van der Waals surface area contributed by atoms with Crippen LogP contribution >= 0.6 is 0 Å². The van der Waals surface area contributed by atoms with Crippen LogP contribution < -0.4 is 10.1 Å². The number of hydrogen-bond acceptors (Lipinski definition) is 4. The molecule has 0 aliphatic carbocycles. The Morgan fingerprint density at radius 3 is 3.25 bits per heavy atom. The first-order valence-corrected chi connectivity index (χ1v) is 4.08. The van der Waals surface area contributed by atoms with Crippen molar-refractivity contribution in [1.82, 2.24) is 15.3 Å². The third-order valence-electron chi connectivity index (χ3n) is 1.86. The summed E-state index contributed by atoms with van der Waals surface area (Å²) in [4.78, 5) is 7.79. The maximum atomic E-state index is 5.56. The number of aromatic nitrogens is 2. The van der Waals surface area contributed by atoms with Gasteiger partial charge in [-0.25, -0.2) is 9.97 Å². The fraction of sp³-hybridized carbons (Fsp3) is 0.500. The normalized spacial score (nSPS) is 22.5. The van der Waals surface area contributed by atoms with Crippen molar-refractivity contribution in [2.75, 3.05) is 13.1 Å². The van der Waals surface area contributed by atoms with Crippen molar-refractivity contribution in [2.24, 2.45) is 0 Å². The summed E-state index contributed by atoms with van der Waals surface area (Å²) in [5.74, 6) is 0.665. The summed E-state index contributed by atoms with van der Waals surface area (Å²) < 4.78 is 5.56. The van der Waals surface area contributed by atoms with E-state index in [1.807, 2.05) is 0 Å². The first kappa shape index (κ1) is 7.49. The van der Waals surface area contributed by atoms with Gasteiger partial charge in [0.05, 0.1) is 0 Å². The van der Waals surface area contributed by atoms with Crippen molar-refractivity contribution in [2.45, 2.75) is 12.5 Å². The van der Waals surface area contributed by atoms with Crippen LogP contribution in [-0.4, -0.2) is 29.2 Å². The Morgan fingerprint density at radius 2 is 2.58 bits per heavy atom. The lowest BCUT2D eigenvalue weighted by Crippen LogP contribution is -2.19. The van der Waals surface area contributed by atoms with Crippen LogP contribution in [0.1, 0.15) is 6.42 Å². The second-order valence-corrected chi connectivity index (χ2v) is 2.78. The van der Waals surface area contributed by atoms with Crippen LogP contribution in [0.25, 0.3) is 0 Å². The second-order valence-electron chi connectivity index (χ2n) is 2.78. The van der Waals surface area contributed by atoms with E-state index in [1.165, 1.54) is 6.33 Å². The third kappa shape index (κ3) is 1.71. The maximum absolute atomic E-state index is 5.56. The van der Waals surface area contributed by atoms with E-state index in [0.717, 1.165) is 19.5 Å². The van der Waals surface area contributed by atoms with Crippen LogP contribution in [-0.2, 0) is 0 Å². The summed E-state index contributed by atoms with van der Waals surface area (Å²) in [6, 6.07) is 1.78. The zero-order valence-electron chi connectivity index (χ0n) is 6.73. The van der Waals surface area contributed by atoms with Gasteiger partial charge >= 0.3 is 0 Å². The molecule has 12 heavy (non-hydrogen) atoms. The molecule has 64 valence electrons. The number of nitrogens with zero attached hydrogens (tertiary/aromatic N) is 2. The van der Waals surface area contributed by atoms with Gasteiger partial charge < -0.3 is 10.1 Å². The van der Waals surface area contributed by atoms with E-state index in [9.17, 15) is 0 Å². The molecule has 2 rings (SSSR count). The topological polar surface area (TPSA) is 47.0 Å². The second kappa shape index (κ2) is 3.49. The molecule has 1 aliphatic rings. The van der Waals surface area contributed by atoms with E-state index in [0.29, 0.717) is 5.88 Å². The Kier molecular flexibility index (Phi) is 2.18. The van der Waals surface area contributed by atoms with E-state index in [1.54, 1.807) is 12.3 Å². The Labute approximate surface area is 71.0 Å². The number of nitrogens with one attached hydrogen (secondary N) is 1. The molecule has 1 aromatic rings. The maximum Gasteiger partial charge on any atom is 0.216 e. The molecule has 0 unspecified atom stereocenters. The van der Waals surface area contributed by atoms with Crippen LogP contribution in [0.15, 0.2) is 18.6 Å². The summed E-state index contributed by atoms with van der Waals surface area (Å²) in [5, 5.41) is 3.22. The molecule has 0 radical (unpaired) electrons. The Balaban J connectivity index is 1.94. The molecule has 2 heterocycles. The lowest BCUT2D eigenvalue weighted by molar-refractivity contribution is 0.213. The van der Waals surface area contributed by atoms with Gasteiger partial charge in [0.15, 0.2) is 0 Å². The van der Waals surface area contributed by atoms with Gasteiger partial charge in [0.2, 0.25) is 5.88 Å². The van der Waals surface area contributed by atoms with E-state index < -0.39 is 0 Å². The van der Waals surface area contributed by atoms with E-state index in [4.69, 9.17) is 4.74 Å². The van der Waals surface area contributed by atoms with Gasteiger partial charge in [0, 0.05) is 18.8 Å². The molecule has 1 fully saturated rings. The minimum atomic E-state index is 0.278. The number of rotatable bonds is 2. The average Bonchev–Trinajstić information content (AvgIpc) is 2.59. The molecule has 4 heteroatoms. The average molecular weight is 165 g/mol. The molecule has 0 aromatic carbocycles. The molecule has 0 saturated carbocycles. The Bertz CT molecular complexity index is 233. The highest BCUT2D eigenvalue weighted by molar-refractivity contribution is 5.05. The molecule has 1 aromatic heterocycles. The zero-order chi connectivity index (χ0) is 8.23. The minimum absolute atomic E-state index is 0.278. The van der Waals surface area contributed by atoms with Gasteiger partial charge in [0.1, 0.15) is 12.4 Å². The molecular weight excluding hydrogens is 154 g/mol. The van der Waals surface area contributed by atoms with Crippen molar-refractivity contribution in [3.63, 3.8) is 0 Å². The van der Waals surface area contributed by atoms with Crippen LogP contribution in [0.3, 0.4) is 0 Å². The number of ether oxygens (including phenoxy) is 1. The van der Waals surface area contributed by atoms with Gasteiger partial charge in [-0.05, 0) is 13.0 Å². The van der Waals surface area contributed by atoms with Crippen molar-refractivity contribution < 1.29 is 4.74 Å². The highest BCUT2D eigenvalue weighted by Gasteiger charge is 2.15. The van der Waals surface area contributed by atoms with E-state index in [2.05, 4.69) is 15.3 Å². The van der Waals surface area contributed by atoms with Gasteiger partial charge in [-0.15, -0.1) is 0 Å². The molecule has 1 aliphatic heterocycles. The lowest BCUT2D eigenvalue weighted by Gasteiger charge is -2.09. The van der Waals surface area contributed by atoms with Crippen molar-refractivity contribution in [3.8, 4) is 5.88 Å². The predicted octanol–water partition coefficient (Wildman–Crippen LogP) is 0.217. The Hall–Kier alpha value is -1.16. The third-order valence-corrected chi connectivity index (χ3v) is 1.86. The van der Waals surface area contributed by atoms with Crippen LogP contribution in [0.2, 0.25) is 0 Å². The minimum Gasteiger partial charge on any atom is -0.473 e. The molecular formula is C8H11N3O. The largest absolute Gasteiger partial charge is 0.473 e. The molecule has 0 amide bonds. The zero-order valence-corrected chi connectivity index (χ0v) is 6.73. The summed E-state index contributed by atoms with van der Waals surface area (Å²) in [6.45, 7) is 1.96. The Morgan fingerprint density at radius 1 is 1.58 bits per heavy atom. The highest BCUT2D eigenvalue weighted by atomic mass is 16.5. The van der Waals surface area contributed by atoms with Gasteiger partial charge in [-0.2, -0.15) is 0 Å². The molecule has 1 saturated heterocycles. The SMILES string of the molecule is c1cc(O[C@H]2CCNC2)ncn1.